The Labute approximate surface area is 393 Å². The van der Waals surface area contributed by atoms with Crippen molar-refractivity contribution >= 4 is 62.9 Å². The molecular weight excluding hydrogens is 918 g/mol. The van der Waals surface area contributed by atoms with Crippen molar-refractivity contribution < 1.29 is 55.5 Å². The molecule has 0 bridgehead atoms. The van der Waals surface area contributed by atoms with Crippen LogP contribution in [0.5, 0.6) is 11.5 Å². The number of benzene rings is 2. The molecule has 2 aromatic carbocycles. The third-order valence-electron chi connectivity index (χ3n) is 11.0. The van der Waals surface area contributed by atoms with E-state index < -0.39 is 106 Å². The van der Waals surface area contributed by atoms with Gasteiger partial charge in [0.1, 0.15) is 41.4 Å². The molecule has 18 nitrogen and oxygen atoms in total. The zero-order valence-electron chi connectivity index (χ0n) is 37.6. The van der Waals surface area contributed by atoms with E-state index in [0.717, 1.165) is 31.4 Å². The highest BCUT2D eigenvalue weighted by atomic mass is 35.5. The Kier molecular flexibility index (Phi) is 20.5. The predicted molar refractivity (Wildman–Crippen MR) is 241 cm³/mol. The Morgan fingerprint density at radius 3 is 2.15 bits per heavy atom. The molecule has 1 saturated carbocycles. The lowest BCUT2D eigenvalue weighted by atomic mass is 9.84. The first-order valence-corrected chi connectivity index (χ1v) is 23.8. The van der Waals surface area contributed by atoms with E-state index in [1.165, 1.54) is 30.7 Å². The van der Waals surface area contributed by atoms with Crippen molar-refractivity contribution in [2.75, 3.05) is 6.54 Å². The predicted octanol–water partition coefficient (Wildman–Crippen LogP) is 4.38. The zero-order chi connectivity index (χ0) is 49.3. The van der Waals surface area contributed by atoms with Gasteiger partial charge in [-0.15, -0.1) is 0 Å². The molecule has 0 aliphatic heterocycles. The van der Waals surface area contributed by atoms with Gasteiger partial charge in [0.25, 0.3) is 27.7 Å². The average molecular weight is 976 g/mol. The summed E-state index contributed by atoms with van der Waals surface area (Å²) in [5.41, 5.74) is -0.0330. The van der Waals surface area contributed by atoms with Crippen LogP contribution in [0.25, 0.3) is 0 Å². The Balaban J connectivity index is 1.46. The van der Waals surface area contributed by atoms with Gasteiger partial charge in [-0.2, -0.15) is 0 Å². The first-order valence-electron chi connectivity index (χ1n) is 21.9. The Hall–Kier alpha value is -6.09. The number of rotatable bonds is 24. The fourth-order valence-corrected chi connectivity index (χ4v) is 8.44. The van der Waals surface area contributed by atoms with Crippen molar-refractivity contribution in [1.82, 2.24) is 41.3 Å². The fourth-order valence-electron chi connectivity index (χ4n) is 7.25. The largest absolute Gasteiger partial charge is 0.456 e. The maximum atomic E-state index is 14.1. The number of nitrogens with one attached hydrogen (secondary N) is 6. The summed E-state index contributed by atoms with van der Waals surface area (Å²) < 4.78 is 61.3. The van der Waals surface area contributed by atoms with E-state index in [0.29, 0.717) is 19.3 Å². The van der Waals surface area contributed by atoms with Gasteiger partial charge in [0.15, 0.2) is 0 Å². The zero-order valence-corrected chi connectivity index (χ0v) is 39.1. The van der Waals surface area contributed by atoms with Crippen molar-refractivity contribution in [1.29, 1.82) is 0 Å². The molecule has 0 spiro atoms. The van der Waals surface area contributed by atoms with E-state index >= 15 is 0 Å². The Morgan fingerprint density at radius 1 is 0.821 bits per heavy atom. The molecule has 3 aromatic rings. The summed E-state index contributed by atoms with van der Waals surface area (Å²) >= 11 is 6.12. The van der Waals surface area contributed by atoms with Gasteiger partial charge in [-0.3, -0.25) is 38.5 Å². The van der Waals surface area contributed by atoms with Gasteiger partial charge in [-0.1, -0.05) is 96.0 Å². The molecular formula is C45H57ClF2N8O10S. The van der Waals surface area contributed by atoms with Crippen LogP contribution in [0.3, 0.4) is 0 Å². The van der Waals surface area contributed by atoms with E-state index in [4.69, 9.17) is 16.3 Å². The van der Waals surface area contributed by atoms with Gasteiger partial charge in [-0.25, -0.2) is 26.9 Å². The minimum Gasteiger partial charge on any atom is -0.456 e. The van der Waals surface area contributed by atoms with Gasteiger partial charge in [0, 0.05) is 24.9 Å². The molecule has 6 amide bonds. The van der Waals surface area contributed by atoms with Crippen LogP contribution in [-0.2, 0) is 38.8 Å². The highest BCUT2D eigenvalue weighted by Gasteiger charge is 2.37. The van der Waals surface area contributed by atoms with Crippen molar-refractivity contribution in [2.45, 2.75) is 121 Å². The number of amides is 6. The third-order valence-corrected chi connectivity index (χ3v) is 12.6. The number of para-hydroxylation sites is 1. The molecule has 1 heterocycles. The number of carbonyl (C=O) groups excluding carboxylic acids is 7. The van der Waals surface area contributed by atoms with E-state index in [2.05, 4.69) is 31.2 Å². The molecule has 0 saturated heterocycles. The molecule has 5 atom stereocenters. The first-order chi connectivity index (χ1) is 31.8. The quantitative estimate of drug-likeness (QED) is 0.0684. The molecule has 22 heteroatoms. The second-order valence-electron chi connectivity index (χ2n) is 16.7. The smallest absolute Gasteiger partial charge is 0.290 e. The molecule has 1 fully saturated rings. The summed E-state index contributed by atoms with van der Waals surface area (Å²) in [6.45, 7) is 6.06. The van der Waals surface area contributed by atoms with Crippen LogP contribution in [0.2, 0.25) is 5.02 Å². The van der Waals surface area contributed by atoms with Gasteiger partial charge in [0.2, 0.25) is 29.9 Å². The number of ether oxygens (including phenoxy) is 1. The highest BCUT2D eigenvalue weighted by molar-refractivity contribution is 7.90. The standard InChI is InChI=1S/C45H57ClF2N8O10S/c1-5-27(4)39(55-42(60)33(20-26(2)3)53-43(61)35-24-49-18-19-50-35)44(62)54-34(21-28-12-7-6-8-13-28)41(59)52-32(23-37(47)48)40(58)45(63)51-25-38(57)56-67(64,65)30-15-11-14-29(22-30)66-36-17-10-9-16-31(36)46/h9-11,14-19,22,24,26-28,32-34,37,39H,5-8,12-13,20-21,23,25H2,1-4H3,(H,51,63)(H,52,59)(H,53,61)(H,54,62)(H,55,60)(H,56,57). The number of Topliss-reactive ketones (excluding diaryl/α,β-unsaturated/α-hetero) is 1. The van der Waals surface area contributed by atoms with E-state index in [1.807, 2.05) is 19.2 Å². The number of nitrogens with zero attached hydrogens (tertiary/aromatic N) is 2. The minimum atomic E-state index is -4.56. The topological polar surface area (TPSA) is 261 Å². The number of carbonyl (C=O) groups is 7. The molecule has 5 unspecified atom stereocenters. The number of aromatic nitrogens is 2. The van der Waals surface area contributed by atoms with Gasteiger partial charge >= 0.3 is 0 Å². The number of alkyl halides is 2. The van der Waals surface area contributed by atoms with Crippen LogP contribution < -0.4 is 36.0 Å². The van der Waals surface area contributed by atoms with E-state index in [9.17, 15) is 50.8 Å². The van der Waals surface area contributed by atoms with Crippen LogP contribution in [-0.4, -0.2) is 96.7 Å². The lowest BCUT2D eigenvalue weighted by Crippen LogP contribution is -2.60. The molecule has 364 valence electrons. The van der Waals surface area contributed by atoms with Crippen LogP contribution in [0.4, 0.5) is 8.78 Å². The maximum Gasteiger partial charge on any atom is 0.290 e. The van der Waals surface area contributed by atoms with Gasteiger partial charge in [-0.05, 0) is 54.9 Å². The Bertz CT molecular complexity index is 2320. The number of ketones is 1. The number of hydrogen-bond acceptors (Lipinski definition) is 12. The van der Waals surface area contributed by atoms with Crippen molar-refractivity contribution in [3.05, 3.63) is 77.8 Å². The summed E-state index contributed by atoms with van der Waals surface area (Å²) in [7, 11) is -4.56. The second-order valence-corrected chi connectivity index (χ2v) is 18.8. The van der Waals surface area contributed by atoms with Crippen LogP contribution in [0, 0.1) is 17.8 Å². The molecule has 0 radical (unpaired) electrons. The first kappa shape index (κ1) is 53.5. The Morgan fingerprint density at radius 2 is 1.51 bits per heavy atom. The summed E-state index contributed by atoms with van der Waals surface area (Å²) in [5.74, 6) is -8.04. The summed E-state index contributed by atoms with van der Waals surface area (Å²) in [6.07, 6.45) is 4.00. The lowest BCUT2D eigenvalue weighted by Gasteiger charge is -2.31. The number of hydrogen-bond donors (Lipinski definition) is 6. The van der Waals surface area contributed by atoms with Crippen LogP contribution in [0.15, 0.2) is 72.0 Å². The number of halogens is 3. The van der Waals surface area contributed by atoms with E-state index in [-0.39, 0.29) is 46.9 Å². The second kappa shape index (κ2) is 25.7. The molecule has 6 N–H and O–H groups in total. The molecule has 1 aliphatic rings. The molecule has 67 heavy (non-hydrogen) atoms. The van der Waals surface area contributed by atoms with Crippen molar-refractivity contribution in [3.8, 4) is 11.5 Å². The van der Waals surface area contributed by atoms with Crippen LogP contribution in [0.1, 0.15) is 96.0 Å². The summed E-state index contributed by atoms with van der Waals surface area (Å²) in [4.78, 5) is 101. The monoisotopic (exact) mass is 974 g/mol. The van der Waals surface area contributed by atoms with E-state index in [1.54, 1.807) is 42.8 Å². The SMILES string of the molecule is CCC(C)C(NC(=O)C(CC(C)C)NC(=O)c1cnccn1)C(=O)NC(CC1CCCCC1)C(=O)NC(CC(F)F)C(=O)C(=O)NCC(=O)NS(=O)(=O)c1cccc(Oc2ccccc2Cl)c1. The van der Waals surface area contributed by atoms with Crippen molar-refractivity contribution in [2.24, 2.45) is 17.8 Å². The fraction of sp³-hybridized carbons (Fsp3) is 0.489. The molecule has 1 aromatic heterocycles. The number of sulfonamides is 1. The summed E-state index contributed by atoms with van der Waals surface area (Å²) in [5, 5.41) is 12.4. The summed E-state index contributed by atoms with van der Waals surface area (Å²) in [6, 6.07) is 5.58. The van der Waals surface area contributed by atoms with Crippen LogP contribution >= 0.6 is 11.6 Å². The highest BCUT2D eigenvalue weighted by Crippen LogP contribution is 2.30. The normalized spacial score (nSPS) is 15.2. The average Bonchev–Trinajstić information content (AvgIpc) is 3.29. The third kappa shape index (κ3) is 16.9. The minimum absolute atomic E-state index is 0.0330. The molecule has 4 rings (SSSR count). The van der Waals surface area contributed by atoms with Gasteiger partial charge < -0.3 is 31.3 Å². The van der Waals surface area contributed by atoms with Gasteiger partial charge in [0.05, 0.1) is 22.7 Å². The molecule has 1 aliphatic carbocycles. The van der Waals surface area contributed by atoms with Crippen molar-refractivity contribution in [3.63, 3.8) is 0 Å². The lowest BCUT2D eigenvalue weighted by molar-refractivity contribution is -0.141. The maximum absolute atomic E-state index is 14.1.